The highest BCUT2D eigenvalue weighted by Crippen LogP contribution is 2.35. The van der Waals surface area contributed by atoms with Crippen LogP contribution in [0.2, 0.25) is 5.02 Å². The number of rotatable bonds is 7. The molecule has 0 aliphatic rings. The molecule has 0 aliphatic heterocycles. The first kappa shape index (κ1) is 21.5. The number of esters is 1. The molecule has 3 aromatic carbocycles. The second-order valence-electron chi connectivity index (χ2n) is 7.49. The SMILES string of the molecule is COC(=O)CCCc1c(-c2ccc(Cl)cc2)[nH]c2ccc(-c3cccc(NC#N)c3)cc12. The number of ether oxygens (including phenoxy) is 1. The molecule has 0 amide bonds. The van der Waals surface area contributed by atoms with E-state index in [9.17, 15) is 4.79 Å². The summed E-state index contributed by atoms with van der Waals surface area (Å²) in [5.41, 5.74) is 7.06. The van der Waals surface area contributed by atoms with Crippen LogP contribution >= 0.6 is 11.6 Å². The third-order valence-corrected chi connectivity index (χ3v) is 5.72. The fraction of sp³-hybridized carbons (Fsp3) is 0.154. The molecule has 0 bridgehead atoms. The number of methoxy groups -OCH3 is 1. The fourth-order valence-corrected chi connectivity index (χ4v) is 4.03. The number of nitrogens with zero attached hydrogens (tertiary/aromatic N) is 1. The highest BCUT2D eigenvalue weighted by molar-refractivity contribution is 6.30. The minimum Gasteiger partial charge on any atom is -0.469 e. The van der Waals surface area contributed by atoms with Crippen LogP contribution in [-0.4, -0.2) is 18.1 Å². The summed E-state index contributed by atoms with van der Waals surface area (Å²) in [5.74, 6) is -0.208. The van der Waals surface area contributed by atoms with Crippen LogP contribution in [0.25, 0.3) is 33.3 Å². The zero-order valence-corrected chi connectivity index (χ0v) is 18.4. The minimum absolute atomic E-state index is 0.208. The average Bonchev–Trinajstić information content (AvgIpc) is 3.17. The normalized spacial score (nSPS) is 10.7. The topological polar surface area (TPSA) is 77.9 Å². The summed E-state index contributed by atoms with van der Waals surface area (Å²) in [7, 11) is 1.41. The van der Waals surface area contributed by atoms with E-state index in [-0.39, 0.29) is 5.97 Å². The Labute approximate surface area is 191 Å². The van der Waals surface area contributed by atoms with Gasteiger partial charge in [0.05, 0.1) is 7.11 Å². The number of hydrogen-bond donors (Lipinski definition) is 2. The molecule has 1 heterocycles. The number of H-pyrrole nitrogens is 1. The Kier molecular flexibility index (Phi) is 6.44. The Morgan fingerprint density at radius 3 is 2.56 bits per heavy atom. The number of benzene rings is 3. The first-order valence-electron chi connectivity index (χ1n) is 10.3. The molecule has 0 spiro atoms. The van der Waals surface area contributed by atoms with E-state index >= 15 is 0 Å². The molecule has 32 heavy (non-hydrogen) atoms. The number of nitriles is 1. The molecule has 6 heteroatoms. The van der Waals surface area contributed by atoms with Crippen molar-refractivity contribution in [3.05, 3.63) is 77.3 Å². The van der Waals surface area contributed by atoms with Gasteiger partial charge in [-0.05, 0) is 71.5 Å². The number of carbonyl (C=O) groups excluding carboxylic acids is 1. The summed E-state index contributed by atoms with van der Waals surface area (Å²) < 4.78 is 4.80. The third kappa shape index (κ3) is 4.61. The molecular weight excluding hydrogens is 422 g/mol. The van der Waals surface area contributed by atoms with E-state index in [1.54, 1.807) is 0 Å². The molecule has 0 aliphatic carbocycles. The molecule has 4 aromatic rings. The molecule has 5 nitrogen and oxygen atoms in total. The molecule has 0 saturated heterocycles. The van der Waals surface area contributed by atoms with Crippen molar-refractivity contribution in [2.45, 2.75) is 19.3 Å². The number of aromatic nitrogens is 1. The summed E-state index contributed by atoms with van der Waals surface area (Å²) >= 11 is 6.09. The zero-order chi connectivity index (χ0) is 22.5. The number of aromatic amines is 1. The molecule has 0 saturated carbocycles. The minimum atomic E-state index is -0.208. The van der Waals surface area contributed by atoms with Gasteiger partial charge in [-0.15, -0.1) is 0 Å². The molecule has 0 fully saturated rings. The Morgan fingerprint density at radius 1 is 1.06 bits per heavy atom. The molecule has 2 N–H and O–H groups in total. The molecule has 1 aromatic heterocycles. The zero-order valence-electron chi connectivity index (χ0n) is 17.6. The quantitative estimate of drug-likeness (QED) is 0.193. The van der Waals surface area contributed by atoms with Crippen molar-refractivity contribution in [1.82, 2.24) is 4.98 Å². The maximum absolute atomic E-state index is 11.6. The monoisotopic (exact) mass is 443 g/mol. The van der Waals surface area contributed by atoms with E-state index < -0.39 is 0 Å². The van der Waals surface area contributed by atoms with E-state index in [1.165, 1.54) is 7.11 Å². The van der Waals surface area contributed by atoms with E-state index in [0.717, 1.165) is 51.0 Å². The second-order valence-corrected chi connectivity index (χ2v) is 7.93. The lowest BCUT2D eigenvalue weighted by molar-refractivity contribution is -0.140. The van der Waals surface area contributed by atoms with Crippen LogP contribution in [-0.2, 0) is 16.0 Å². The van der Waals surface area contributed by atoms with Crippen molar-refractivity contribution >= 4 is 34.2 Å². The Morgan fingerprint density at radius 2 is 1.81 bits per heavy atom. The van der Waals surface area contributed by atoms with Gasteiger partial charge in [0, 0.05) is 33.7 Å². The van der Waals surface area contributed by atoms with Crippen LogP contribution in [0.15, 0.2) is 66.7 Å². The second kappa shape index (κ2) is 9.59. The van der Waals surface area contributed by atoms with E-state index in [4.69, 9.17) is 21.6 Å². The number of anilines is 1. The van der Waals surface area contributed by atoms with Crippen molar-refractivity contribution in [3.8, 4) is 28.6 Å². The number of halogens is 1. The maximum Gasteiger partial charge on any atom is 0.305 e. The smallest absolute Gasteiger partial charge is 0.305 e. The maximum atomic E-state index is 11.6. The van der Waals surface area contributed by atoms with Crippen molar-refractivity contribution < 1.29 is 9.53 Å². The molecule has 0 radical (unpaired) electrons. The van der Waals surface area contributed by atoms with Crippen molar-refractivity contribution in [3.63, 3.8) is 0 Å². The van der Waals surface area contributed by atoms with Crippen molar-refractivity contribution in [1.29, 1.82) is 5.26 Å². The van der Waals surface area contributed by atoms with Gasteiger partial charge in [-0.3, -0.25) is 10.1 Å². The Hall–Kier alpha value is -3.75. The number of fused-ring (bicyclic) bond motifs is 1. The molecule has 0 unspecified atom stereocenters. The summed E-state index contributed by atoms with van der Waals surface area (Å²) in [4.78, 5) is 15.2. The Balaban J connectivity index is 1.78. The van der Waals surface area contributed by atoms with Gasteiger partial charge in [0.25, 0.3) is 0 Å². The first-order valence-corrected chi connectivity index (χ1v) is 10.7. The summed E-state index contributed by atoms with van der Waals surface area (Å²) in [6.07, 6.45) is 3.74. The average molecular weight is 444 g/mol. The molecule has 160 valence electrons. The lowest BCUT2D eigenvalue weighted by Gasteiger charge is -2.07. The lowest BCUT2D eigenvalue weighted by Crippen LogP contribution is -2.00. The van der Waals surface area contributed by atoms with Gasteiger partial charge in [-0.25, -0.2) is 0 Å². The van der Waals surface area contributed by atoms with Gasteiger partial charge in [0.2, 0.25) is 0 Å². The summed E-state index contributed by atoms with van der Waals surface area (Å²) in [5, 5.41) is 13.4. The highest BCUT2D eigenvalue weighted by Gasteiger charge is 2.15. The van der Waals surface area contributed by atoms with Gasteiger partial charge in [0.15, 0.2) is 6.19 Å². The van der Waals surface area contributed by atoms with Gasteiger partial charge in [-0.1, -0.05) is 41.9 Å². The predicted molar refractivity (Wildman–Crippen MR) is 128 cm³/mol. The van der Waals surface area contributed by atoms with Crippen molar-refractivity contribution in [2.75, 3.05) is 12.4 Å². The largest absolute Gasteiger partial charge is 0.469 e. The van der Waals surface area contributed by atoms with Gasteiger partial charge in [-0.2, -0.15) is 5.26 Å². The lowest BCUT2D eigenvalue weighted by atomic mass is 9.97. The van der Waals surface area contributed by atoms with Crippen LogP contribution in [0.1, 0.15) is 18.4 Å². The van der Waals surface area contributed by atoms with E-state index in [0.29, 0.717) is 17.9 Å². The van der Waals surface area contributed by atoms with Crippen LogP contribution in [0.5, 0.6) is 0 Å². The predicted octanol–water partition coefficient (Wildman–Crippen LogP) is 6.54. The Bertz CT molecular complexity index is 1300. The van der Waals surface area contributed by atoms with Gasteiger partial charge < -0.3 is 9.72 Å². The van der Waals surface area contributed by atoms with Crippen LogP contribution in [0, 0.1) is 11.5 Å². The summed E-state index contributed by atoms with van der Waals surface area (Å²) in [6.45, 7) is 0. The molecule has 0 atom stereocenters. The number of hydrogen-bond acceptors (Lipinski definition) is 4. The number of nitrogens with one attached hydrogen (secondary N) is 2. The molecule has 4 rings (SSSR count). The fourth-order valence-electron chi connectivity index (χ4n) is 3.90. The van der Waals surface area contributed by atoms with Crippen molar-refractivity contribution in [2.24, 2.45) is 0 Å². The van der Waals surface area contributed by atoms with Crippen LogP contribution in [0.3, 0.4) is 0 Å². The van der Waals surface area contributed by atoms with E-state index in [2.05, 4.69) is 28.5 Å². The third-order valence-electron chi connectivity index (χ3n) is 5.47. The van der Waals surface area contributed by atoms with Crippen LogP contribution in [0.4, 0.5) is 5.69 Å². The number of aryl methyl sites for hydroxylation is 1. The van der Waals surface area contributed by atoms with E-state index in [1.807, 2.05) is 54.7 Å². The van der Waals surface area contributed by atoms with Gasteiger partial charge >= 0.3 is 5.97 Å². The first-order chi connectivity index (χ1) is 15.6. The van der Waals surface area contributed by atoms with Gasteiger partial charge in [0.1, 0.15) is 0 Å². The number of carbonyl (C=O) groups is 1. The van der Waals surface area contributed by atoms with Crippen LogP contribution < -0.4 is 5.32 Å². The molecular formula is C26H22ClN3O2. The summed E-state index contributed by atoms with van der Waals surface area (Å²) in [6, 6.07) is 21.8. The standard InChI is InChI=1S/C26H22ClN3O2/c1-32-25(31)7-3-6-22-23-15-19(18-4-2-5-21(14-18)29-16-28)10-13-24(23)30-26(22)17-8-11-20(27)12-9-17/h2,4-5,8-15,29-30H,3,6-7H2,1H3. The highest BCUT2D eigenvalue weighted by atomic mass is 35.5.